The average molecular weight is 417 g/mol. The van der Waals surface area contributed by atoms with E-state index in [-0.39, 0.29) is 12.3 Å². The van der Waals surface area contributed by atoms with Gasteiger partial charge in [-0.15, -0.1) is 11.3 Å². The monoisotopic (exact) mass is 416 g/mol. The van der Waals surface area contributed by atoms with Gasteiger partial charge in [0.25, 0.3) is 0 Å². The van der Waals surface area contributed by atoms with Crippen molar-refractivity contribution in [2.24, 2.45) is 0 Å². The molecule has 1 fully saturated rings. The first-order chi connectivity index (χ1) is 11.9. The fourth-order valence-electron chi connectivity index (χ4n) is 2.54. The number of halogens is 2. The molecule has 3 rings (SSSR count). The van der Waals surface area contributed by atoms with Crippen LogP contribution in [0, 0.1) is 0 Å². The lowest BCUT2D eigenvalue weighted by Crippen LogP contribution is -2.55. The Kier molecular flexibility index (Phi) is 5.58. The van der Waals surface area contributed by atoms with E-state index in [1.807, 2.05) is 0 Å². The molecule has 1 aromatic carbocycles. The number of carboxylic acids is 1. The van der Waals surface area contributed by atoms with Gasteiger partial charge in [-0.1, -0.05) is 23.2 Å². The van der Waals surface area contributed by atoms with Crippen LogP contribution in [-0.2, 0) is 16.0 Å². The van der Waals surface area contributed by atoms with Crippen LogP contribution in [0.2, 0.25) is 10.0 Å². The molecule has 25 heavy (non-hydrogen) atoms. The number of carbonyl (C=O) groups excluding carboxylic acids is 1. The number of nitrogens with zero attached hydrogens (tertiary/aromatic N) is 1. The summed E-state index contributed by atoms with van der Waals surface area (Å²) in [6.45, 7) is 0. The lowest BCUT2D eigenvalue weighted by molar-refractivity contribution is -0.146. The number of carboxylic acid groups (broad SMARTS) is 1. The SMILES string of the molecule is O=C(Cc1csc(-c2ccc(Cl)cc2Cl)n1)NC1(C(=O)O)CCSC1. The number of nitrogens with one attached hydrogen (secondary N) is 1. The average Bonchev–Trinajstić information content (AvgIpc) is 3.17. The number of aromatic nitrogens is 1. The van der Waals surface area contributed by atoms with E-state index in [9.17, 15) is 14.7 Å². The molecule has 1 amide bonds. The van der Waals surface area contributed by atoms with E-state index in [4.69, 9.17) is 23.2 Å². The molecule has 9 heteroatoms. The number of carbonyl (C=O) groups is 2. The van der Waals surface area contributed by atoms with Gasteiger partial charge >= 0.3 is 5.97 Å². The fourth-order valence-corrected chi connectivity index (χ4v) is 5.27. The second kappa shape index (κ2) is 7.53. The zero-order valence-electron chi connectivity index (χ0n) is 12.9. The highest BCUT2D eigenvalue weighted by atomic mass is 35.5. The van der Waals surface area contributed by atoms with Gasteiger partial charge < -0.3 is 10.4 Å². The summed E-state index contributed by atoms with van der Waals surface area (Å²) in [7, 11) is 0. The molecule has 0 saturated carbocycles. The lowest BCUT2D eigenvalue weighted by atomic mass is 9.99. The van der Waals surface area contributed by atoms with Gasteiger partial charge in [0.05, 0.1) is 17.1 Å². The van der Waals surface area contributed by atoms with Crippen LogP contribution in [0.3, 0.4) is 0 Å². The Balaban J connectivity index is 1.71. The number of thioether (sulfide) groups is 1. The molecule has 132 valence electrons. The topological polar surface area (TPSA) is 79.3 Å². The summed E-state index contributed by atoms with van der Waals surface area (Å²) in [4.78, 5) is 28.2. The van der Waals surface area contributed by atoms with E-state index in [1.54, 1.807) is 23.6 Å². The third-order valence-corrected chi connectivity index (χ3v) is 6.53. The van der Waals surface area contributed by atoms with Gasteiger partial charge in [0, 0.05) is 21.7 Å². The van der Waals surface area contributed by atoms with E-state index in [2.05, 4.69) is 10.3 Å². The predicted octanol–water partition coefficient (Wildman–Crippen LogP) is 3.74. The number of amides is 1. The molecule has 1 aliphatic heterocycles. The van der Waals surface area contributed by atoms with Crippen molar-refractivity contribution in [1.82, 2.24) is 10.3 Å². The van der Waals surface area contributed by atoms with Crippen LogP contribution in [-0.4, -0.2) is 39.0 Å². The first-order valence-electron chi connectivity index (χ1n) is 7.42. The van der Waals surface area contributed by atoms with Crippen LogP contribution in [0.1, 0.15) is 12.1 Å². The molecule has 1 unspecified atom stereocenters. The molecule has 1 atom stereocenters. The van der Waals surface area contributed by atoms with Crippen LogP contribution in [0.4, 0.5) is 0 Å². The van der Waals surface area contributed by atoms with E-state index in [1.165, 1.54) is 23.1 Å². The second-order valence-corrected chi connectivity index (χ2v) is 8.49. The summed E-state index contributed by atoms with van der Waals surface area (Å²) in [5, 5.41) is 15.6. The summed E-state index contributed by atoms with van der Waals surface area (Å²) >= 11 is 15.0. The van der Waals surface area contributed by atoms with Gasteiger partial charge in [-0.2, -0.15) is 11.8 Å². The molecule has 2 aromatic rings. The summed E-state index contributed by atoms with van der Waals surface area (Å²) in [6.07, 6.45) is 0.461. The van der Waals surface area contributed by atoms with Crippen molar-refractivity contribution in [2.75, 3.05) is 11.5 Å². The molecule has 5 nitrogen and oxygen atoms in total. The number of benzene rings is 1. The summed E-state index contributed by atoms with van der Waals surface area (Å²) in [5.41, 5.74) is 0.159. The molecular weight excluding hydrogens is 403 g/mol. The van der Waals surface area contributed by atoms with E-state index in [0.29, 0.717) is 32.9 Å². The Labute approximate surface area is 162 Å². The Morgan fingerprint density at radius 2 is 2.16 bits per heavy atom. The molecule has 1 aliphatic rings. The molecule has 2 heterocycles. The highest BCUT2D eigenvalue weighted by Gasteiger charge is 2.43. The van der Waals surface area contributed by atoms with E-state index >= 15 is 0 Å². The number of thiazole rings is 1. The van der Waals surface area contributed by atoms with Crippen LogP contribution in [0.5, 0.6) is 0 Å². The molecule has 0 aliphatic carbocycles. The van der Waals surface area contributed by atoms with Crippen molar-refractivity contribution in [3.8, 4) is 10.6 Å². The lowest BCUT2D eigenvalue weighted by Gasteiger charge is -2.24. The Morgan fingerprint density at radius 3 is 2.80 bits per heavy atom. The van der Waals surface area contributed by atoms with Gasteiger partial charge in [-0.3, -0.25) is 4.79 Å². The van der Waals surface area contributed by atoms with Crippen molar-refractivity contribution < 1.29 is 14.7 Å². The van der Waals surface area contributed by atoms with Gasteiger partial charge in [0.15, 0.2) is 0 Å². The third-order valence-electron chi connectivity index (χ3n) is 3.86. The van der Waals surface area contributed by atoms with Gasteiger partial charge in [-0.05, 0) is 30.4 Å². The van der Waals surface area contributed by atoms with Crippen molar-refractivity contribution in [3.63, 3.8) is 0 Å². The van der Waals surface area contributed by atoms with Crippen molar-refractivity contribution in [1.29, 1.82) is 0 Å². The summed E-state index contributed by atoms with van der Waals surface area (Å²) in [5.74, 6) is -0.221. The Bertz CT molecular complexity index is 819. The zero-order chi connectivity index (χ0) is 18.0. The molecule has 0 spiro atoms. The van der Waals surface area contributed by atoms with Crippen LogP contribution in [0.25, 0.3) is 10.6 Å². The van der Waals surface area contributed by atoms with Crippen molar-refractivity contribution in [2.45, 2.75) is 18.4 Å². The van der Waals surface area contributed by atoms with Gasteiger partial charge in [0.1, 0.15) is 10.5 Å². The van der Waals surface area contributed by atoms with Crippen molar-refractivity contribution >= 4 is 58.2 Å². The first-order valence-corrected chi connectivity index (χ1v) is 10.2. The molecule has 2 N–H and O–H groups in total. The van der Waals surface area contributed by atoms with Crippen LogP contribution < -0.4 is 5.32 Å². The highest BCUT2D eigenvalue weighted by molar-refractivity contribution is 7.99. The number of rotatable bonds is 5. The third kappa shape index (κ3) is 4.11. The number of hydrogen-bond donors (Lipinski definition) is 2. The molecular formula is C16H14Cl2N2O3S2. The largest absolute Gasteiger partial charge is 0.479 e. The van der Waals surface area contributed by atoms with Crippen LogP contribution in [0.15, 0.2) is 23.6 Å². The minimum atomic E-state index is -1.17. The van der Waals surface area contributed by atoms with Crippen molar-refractivity contribution in [3.05, 3.63) is 39.3 Å². The maximum Gasteiger partial charge on any atom is 0.330 e. The molecule has 1 saturated heterocycles. The quantitative estimate of drug-likeness (QED) is 0.775. The van der Waals surface area contributed by atoms with Crippen LogP contribution >= 0.6 is 46.3 Å². The smallest absolute Gasteiger partial charge is 0.330 e. The Hall–Kier alpha value is -1.28. The fraction of sp³-hybridized carbons (Fsp3) is 0.312. The van der Waals surface area contributed by atoms with E-state index < -0.39 is 11.5 Å². The highest BCUT2D eigenvalue weighted by Crippen LogP contribution is 2.32. The zero-order valence-corrected chi connectivity index (χ0v) is 16.1. The second-order valence-electron chi connectivity index (χ2n) is 5.68. The minimum absolute atomic E-state index is 0.0292. The normalized spacial score (nSPS) is 19.8. The standard InChI is InChI=1S/C16H14Cl2N2O3S2/c17-9-1-2-11(12(18)5-9)14-19-10(7-25-14)6-13(21)20-16(15(22)23)3-4-24-8-16/h1-2,5,7H,3-4,6,8H2,(H,20,21)(H,22,23). The number of hydrogen-bond acceptors (Lipinski definition) is 5. The minimum Gasteiger partial charge on any atom is -0.479 e. The molecule has 1 aromatic heterocycles. The summed E-state index contributed by atoms with van der Waals surface area (Å²) in [6, 6.07) is 5.15. The van der Waals surface area contributed by atoms with Gasteiger partial charge in [0.2, 0.25) is 5.91 Å². The maximum atomic E-state index is 12.3. The summed E-state index contributed by atoms with van der Waals surface area (Å²) < 4.78 is 0. The maximum absolute atomic E-state index is 12.3. The first kappa shape index (κ1) is 18.5. The molecule has 0 radical (unpaired) electrons. The van der Waals surface area contributed by atoms with E-state index in [0.717, 1.165) is 11.3 Å². The van der Waals surface area contributed by atoms with Gasteiger partial charge in [-0.25, -0.2) is 9.78 Å². The molecule has 0 bridgehead atoms. The number of aliphatic carboxylic acids is 1. The Morgan fingerprint density at radius 1 is 1.36 bits per heavy atom. The predicted molar refractivity (Wildman–Crippen MR) is 102 cm³/mol.